The monoisotopic (exact) mass is 403 g/mol. The molecule has 5 nitrogen and oxygen atoms in total. The Morgan fingerprint density at radius 2 is 1.75 bits per heavy atom. The molecule has 0 atom stereocenters. The third-order valence-electron chi connectivity index (χ3n) is 7.06. The Balaban J connectivity index is 1.41. The van der Waals surface area contributed by atoms with Crippen LogP contribution in [-0.2, 0) is 4.79 Å². The van der Waals surface area contributed by atoms with E-state index in [4.69, 9.17) is 11.6 Å². The van der Waals surface area contributed by atoms with E-state index in [2.05, 4.69) is 23.9 Å². The van der Waals surface area contributed by atoms with Gasteiger partial charge in [0.1, 0.15) is 0 Å². The first kappa shape index (κ1) is 19.7. The van der Waals surface area contributed by atoms with E-state index < -0.39 is 0 Å². The van der Waals surface area contributed by atoms with Crippen molar-refractivity contribution in [2.45, 2.75) is 64.5 Å². The second-order valence-corrected chi connectivity index (χ2v) is 9.30. The van der Waals surface area contributed by atoms with Crippen molar-refractivity contribution >= 4 is 28.9 Å². The van der Waals surface area contributed by atoms with Crippen molar-refractivity contribution in [3.8, 4) is 0 Å². The predicted octanol–water partition coefficient (Wildman–Crippen LogP) is 4.54. The minimum Gasteiger partial charge on any atom is -0.410 e. The largest absolute Gasteiger partial charge is 0.410 e. The molecule has 1 amide bonds. The maximum Gasteiger partial charge on any atom is 0.281 e. The number of amides is 1. The van der Waals surface area contributed by atoms with Crippen LogP contribution in [0.15, 0.2) is 23.4 Å². The molecule has 1 aliphatic carbocycles. The van der Waals surface area contributed by atoms with Gasteiger partial charge in [0.15, 0.2) is 5.71 Å². The molecule has 1 aromatic rings. The molecule has 1 aromatic carbocycles. The topological polar surface area (TPSA) is 56.1 Å². The number of hydrogen-bond acceptors (Lipinski definition) is 4. The van der Waals surface area contributed by atoms with E-state index in [9.17, 15) is 10.0 Å². The first-order valence-corrected chi connectivity index (χ1v) is 11.0. The first-order chi connectivity index (χ1) is 13.5. The van der Waals surface area contributed by atoms with Crippen LogP contribution in [0.5, 0.6) is 0 Å². The van der Waals surface area contributed by atoms with Gasteiger partial charge in [-0.3, -0.25) is 4.79 Å². The van der Waals surface area contributed by atoms with Gasteiger partial charge in [0.05, 0.1) is 5.69 Å². The average molecular weight is 404 g/mol. The molecule has 6 heteroatoms. The number of benzene rings is 1. The molecule has 1 saturated heterocycles. The first-order valence-electron chi connectivity index (χ1n) is 10.6. The number of carbonyl (C=O) groups is 1. The number of fused-ring (bicyclic) bond motifs is 1. The summed E-state index contributed by atoms with van der Waals surface area (Å²) in [7, 11) is 0. The molecule has 152 valence electrons. The lowest BCUT2D eigenvalue weighted by atomic mass is 9.79. The number of oxime groups is 1. The van der Waals surface area contributed by atoms with Crippen molar-refractivity contribution in [1.29, 1.82) is 0 Å². The minimum absolute atomic E-state index is 0.104. The summed E-state index contributed by atoms with van der Waals surface area (Å²) in [5.41, 5.74) is 1.56. The van der Waals surface area contributed by atoms with Crippen molar-refractivity contribution < 1.29 is 10.0 Å². The van der Waals surface area contributed by atoms with Gasteiger partial charge < -0.3 is 15.0 Å². The van der Waals surface area contributed by atoms with E-state index >= 15 is 0 Å². The summed E-state index contributed by atoms with van der Waals surface area (Å²) >= 11 is 6.09. The Hall–Kier alpha value is -1.59. The number of carbonyl (C=O) groups excluding carboxylic acids is 1. The molecule has 3 aliphatic rings. The Labute approximate surface area is 172 Å². The number of hydrogen-bond donors (Lipinski definition) is 1. The molecular formula is C22H30ClN3O2. The van der Waals surface area contributed by atoms with Gasteiger partial charge in [-0.05, 0) is 68.6 Å². The molecule has 28 heavy (non-hydrogen) atoms. The highest BCUT2D eigenvalue weighted by atomic mass is 35.5. The fourth-order valence-electron chi connectivity index (χ4n) is 5.35. The third-order valence-corrected chi connectivity index (χ3v) is 7.29. The molecule has 1 saturated carbocycles. The van der Waals surface area contributed by atoms with Crippen LogP contribution in [0.4, 0.5) is 5.69 Å². The standard InChI is InChI=1S/C22H30ClN3O2/c1-14(2)15-3-6-17(7-4-15)25-11-9-18(10-12-25)26-20-8-5-16(23)13-19(20)21(24-28)22(26)27/h5,8,13-15,17-18,28H,3-4,6-7,9-12H2,1-2H3. The van der Waals surface area contributed by atoms with E-state index in [1.54, 1.807) is 12.1 Å². The lowest BCUT2D eigenvalue weighted by Gasteiger charge is -2.43. The van der Waals surface area contributed by atoms with Gasteiger partial charge in [-0.15, -0.1) is 0 Å². The minimum atomic E-state index is -0.212. The Morgan fingerprint density at radius 1 is 1.07 bits per heavy atom. The highest BCUT2D eigenvalue weighted by Gasteiger charge is 2.40. The van der Waals surface area contributed by atoms with Crippen LogP contribution >= 0.6 is 11.6 Å². The van der Waals surface area contributed by atoms with Crippen molar-refractivity contribution in [2.75, 3.05) is 18.0 Å². The van der Waals surface area contributed by atoms with Crippen molar-refractivity contribution in [3.63, 3.8) is 0 Å². The average Bonchev–Trinajstić information content (AvgIpc) is 2.98. The van der Waals surface area contributed by atoms with Crippen LogP contribution < -0.4 is 4.90 Å². The fourth-order valence-corrected chi connectivity index (χ4v) is 5.52. The Kier molecular flexibility index (Phi) is 5.66. The third kappa shape index (κ3) is 3.55. The van der Waals surface area contributed by atoms with Gasteiger partial charge in [0, 0.05) is 35.8 Å². The van der Waals surface area contributed by atoms with E-state index in [-0.39, 0.29) is 17.7 Å². The molecule has 0 unspecified atom stereocenters. The Morgan fingerprint density at radius 3 is 2.36 bits per heavy atom. The van der Waals surface area contributed by atoms with Gasteiger partial charge in [-0.1, -0.05) is 30.6 Å². The zero-order chi connectivity index (χ0) is 19.8. The van der Waals surface area contributed by atoms with Crippen LogP contribution in [-0.4, -0.2) is 46.9 Å². The van der Waals surface area contributed by atoms with Crippen LogP contribution in [0.3, 0.4) is 0 Å². The lowest BCUT2D eigenvalue weighted by Crippen LogP contribution is -2.50. The number of halogens is 1. The zero-order valence-corrected chi connectivity index (χ0v) is 17.5. The van der Waals surface area contributed by atoms with E-state index in [0.717, 1.165) is 43.5 Å². The number of likely N-dealkylation sites (tertiary alicyclic amines) is 1. The molecule has 4 rings (SSSR count). The summed E-state index contributed by atoms with van der Waals surface area (Å²) in [6.45, 7) is 6.75. The molecule has 2 heterocycles. The van der Waals surface area contributed by atoms with Crippen molar-refractivity contribution in [2.24, 2.45) is 17.0 Å². The predicted molar refractivity (Wildman–Crippen MR) is 112 cm³/mol. The quantitative estimate of drug-likeness (QED) is 0.595. The summed E-state index contributed by atoms with van der Waals surface area (Å²) in [6, 6.07) is 6.23. The van der Waals surface area contributed by atoms with Crippen molar-refractivity contribution in [1.82, 2.24) is 4.90 Å². The van der Waals surface area contributed by atoms with Crippen LogP contribution in [0.2, 0.25) is 5.02 Å². The molecule has 0 spiro atoms. The molecule has 1 N–H and O–H groups in total. The summed E-state index contributed by atoms with van der Waals surface area (Å²) in [5.74, 6) is 1.47. The number of nitrogens with zero attached hydrogens (tertiary/aromatic N) is 3. The highest BCUT2D eigenvalue weighted by Crippen LogP contribution is 2.37. The Bertz CT molecular complexity index is 763. The maximum absolute atomic E-state index is 12.9. The van der Waals surface area contributed by atoms with Crippen LogP contribution in [0.1, 0.15) is 57.9 Å². The van der Waals surface area contributed by atoms with Gasteiger partial charge in [0.25, 0.3) is 5.91 Å². The molecule has 0 aromatic heterocycles. The van der Waals surface area contributed by atoms with E-state index in [1.807, 2.05) is 11.0 Å². The normalized spacial score (nSPS) is 28.4. The van der Waals surface area contributed by atoms with Gasteiger partial charge in [0.2, 0.25) is 0 Å². The number of rotatable bonds is 3. The van der Waals surface area contributed by atoms with Crippen LogP contribution in [0.25, 0.3) is 0 Å². The summed E-state index contributed by atoms with van der Waals surface area (Å²) in [5, 5.41) is 13.2. The fraction of sp³-hybridized carbons (Fsp3) is 0.636. The molecule has 0 bridgehead atoms. The molecule has 0 radical (unpaired) electrons. The summed E-state index contributed by atoms with van der Waals surface area (Å²) < 4.78 is 0. The molecular weight excluding hydrogens is 374 g/mol. The zero-order valence-electron chi connectivity index (χ0n) is 16.8. The SMILES string of the molecule is CC(C)C1CCC(N2CCC(N3C(=O)C(=NO)c4cc(Cl)ccc43)CC2)CC1. The van der Waals surface area contributed by atoms with Crippen molar-refractivity contribution in [3.05, 3.63) is 28.8 Å². The van der Waals surface area contributed by atoms with Crippen LogP contribution in [0, 0.1) is 11.8 Å². The second kappa shape index (κ2) is 8.03. The molecule has 2 fully saturated rings. The van der Waals surface area contributed by atoms with E-state index in [0.29, 0.717) is 16.6 Å². The second-order valence-electron chi connectivity index (χ2n) is 8.86. The number of piperidine rings is 1. The summed E-state index contributed by atoms with van der Waals surface area (Å²) in [4.78, 5) is 17.3. The molecule has 2 aliphatic heterocycles. The van der Waals surface area contributed by atoms with Gasteiger partial charge >= 0.3 is 0 Å². The smallest absolute Gasteiger partial charge is 0.281 e. The maximum atomic E-state index is 12.9. The lowest BCUT2D eigenvalue weighted by molar-refractivity contribution is -0.113. The van der Waals surface area contributed by atoms with Gasteiger partial charge in [-0.25, -0.2) is 0 Å². The van der Waals surface area contributed by atoms with E-state index in [1.165, 1.54) is 25.7 Å². The summed E-state index contributed by atoms with van der Waals surface area (Å²) in [6.07, 6.45) is 7.21. The van der Waals surface area contributed by atoms with Gasteiger partial charge in [-0.2, -0.15) is 0 Å². The number of anilines is 1. The highest BCUT2D eigenvalue weighted by molar-refractivity contribution is 6.54.